The van der Waals surface area contributed by atoms with Crippen LogP contribution in [0, 0.1) is 0 Å². The maximum Gasteiger partial charge on any atom is 0.0267 e. The van der Waals surface area contributed by atoms with Gasteiger partial charge in [-0.05, 0) is 29.7 Å². The fourth-order valence-corrected chi connectivity index (χ4v) is 2.12. The summed E-state index contributed by atoms with van der Waals surface area (Å²) in [6.45, 7) is 48.0. The zero-order chi connectivity index (χ0) is 41.4. The summed E-state index contributed by atoms with van der Waals surface area (Å²) in [4.78, 5) is 3.78. The van der Waals surface area contributed by atoms with Crippen molar-refractivity contribution in [1.82, 2.24) is 4.98 Å². The van der Waals surface area contributed by atoms with E-state index >= 15 is 0 Å². The number of nitrogens with zero attached hydrogens (tertiary/aromatic N) is 1. The Labute approximate surface area is 315 Å². The second-order valence-electron chi connectivity index (χ2n) is 5.33. The Kier molecular flexibility index (Phi) is 200. The summed E-state index contributed by atoms with van der Waals surface area (Å²) < 4.78 is 0. The molecule has 1 heteroatoms. The van der Waals surface area contributed by atoms with E-state index in [0.29, 0.717) is 0 Å². The molecule has 1 aromatic heterocycles. The second-order valence-corrected chi connectivity index (χ2v) is 5.33. The van der Waals surface area contributed by atoms with E-state index in [1.807, 2.05) is 221 Å². The summed E-state index contributed by atoms with van der Waals surface area (Å²) in [5.74, 6) is 0. The van der Waals surface area contributed by atoms with Crippen molar-refractivity contribution in [3.8, 4) is 0 Å². The highest BCUT2D eigenvalue weighted by Crippen LogP contribution is 2.07. The van der Waals surface area contributed by atoms with Crippen LogP contribution in [-0.2, 0) is 6.42 Å². The van der Waals surface area contributed by atoms with Crippen molar-refractivity contribution in [1.29, 1.82) is 0 Å². The quantitative estimate of drug-likeness (QED) is 0.205. The van der Waals surface area contributed by atoms with E-state index in [4.69, 9.17) is 0 Å². The van der Waals surface area contributed by atoms with Crippen molar-refractivity contribution in [2.45, 2.75) is 173 Å². The van der Waals surface area contributed by atoms with E-state index < -0.39 is 0 Å². The molecule has 0 fully saturated rings. The maximum atomic E-state index is 3.78. The molecule has 0 saturated heterocycles. The van der Waals surface area contributed by atoms with E-state index in [1.54, 1.807) is 12.4 Å². The number of pyridine rings is 1. The van der Waals surface area contributed by atoms with Crippen LogP contribution in [-0.4, -0.2) is 4.98 Å². The maximum absolute atomic E-state index is 3.78. The summed E-state index contributed by atoms with van der Waals surface area (Å²) >= 11 is 0. The first-order valence-corrected chi connectivity index (χ1v) is 20.4. The molecule has 0 radical (unpaired) electrons. The van der Waals surface area contributed by atoms with Gasteiger partial charge in [-0.15, -0.1) is 0 Å². The molecule has 4 aromatic rings. The number of aromatic nitrogens is 1. The third kappa shape index (κ3) is 98.9. The van der Waals surface area contributed by atoms with Crippen LogP contribution >= 0.6 is 0 Å². The molecule has 292 valence electrons. The van der Waals surface area contributed by atoms with Crippen molar-refractivity contribution in [3.05, 3.63) is 139 Å². The molecule has 0 aliphatic carbocycles. The molecule has 4 rings (SSSR count). The van der Waals surface area contributed by atoms with Gasteiger partial charge in [-0.3, -0.25) is 4.98 Å². The topological polar surface area (TPSA) is 12.9 Å². The van der Waals surface area contributed by atoms with Gasteiger partial charge >= 0.3 is 0 Å². The lowest BCUT2D eigenvalue weighted by molar-refractivity contribution is 1.19. The van der Waals surface area contributed by atoms with E-state index in [0.717, 1.165) is 6.42 Å². The molecule has 0 aliphatic heterocycles. The molecule has 0 amide bonds. The fraction of sp³-hybridized carbons (Fsp3) is 0.521. The van der Waals surface area contributed by atoms with E-state index in [9.17, 15) is 0 Å². The first kappa shape index (κ1) is 75.9. The molecule has 1 heterocycles. The van der Waals surface area contributed by atoms with Crippen LogP contribution in [0.1, 0.15) is 177 Å². The standard InChI is InChI=1S/C13H12.C6H6.C5H5N.12C2H6/c1-3-7-12(8-4-1)11-13-9-5-2-6-10-13;2*1-2-4-6-5-3-1;12*1-2/h1-10H,11H2;1-6H;1-5H;12*1-2H3. The lowest BCUT2D eigenvalue weighted by Gasteiger charge is -2.00. The lowest BCUT2D eigenvalue weighted by Crippen LogP contribution is -1.85. The van der Waals surface area contributed by atoms with Gasteiger partial charge in [-0.1, -0.05) is 269 Å². The van der Waals surface area contributed by atoms with Crippen molar-refractivity contribution >= 4 is 0 Å². The normalized spacial score (nSPS) is 6.04. The molecular weight excluding hydrogens is 591 g/mol. The van der Waals surface area contributed by atoms with Crippen LogP contribution in [0.5, 0.6) is 0 Å². The van der Waals surface area contributed by atoms with Crippen LogP contribution in [0.2, 0.25) is 0 Å². The van der Waals surface area contributed by atoms with Gasteiger partial charge < -0.3 is 0 Å². The predicted octanol–water partition coefficient (Wildman–Crippen LogP) is 18.4. The van der Waals surface area contributed by atoms with Gasteiger partial charge in [0.1, 0.15) is 0 Å². The van der Waals surface area contributed by atoms with Crippen LogP contribution in [0.25, 0.3) is 0 Å². The number of hydrogen-bond acceptors (Lipinski definition) is 1. The minimum absolute atomic E-state index is 1.03. The first-order valence-electron chi connectivity index (χ1n) is 20.4. The molecule has 0 spiro atoms. The smallest absolute Gasteiger partial charge is 0.0267 e. The van der Waals surface area contributed by atoms with E-state index in [1.165, 1.54) is 11.1 Å². The Morgan fingerprint density at radius 2 is 0.408 bits per heavy atom. The van der Waals surface area contributed by atoms with Gasteiger partial charge in [0.05, 0.1) is 0 Å². The Balaban J connectivity index is -0.0000000390. The molecule has 0 N–H and O–H groups in total. The minimum atomic E-state index is 1.03. The zero-order valence-corrected chi connectivity index (χ0v) is 38.3. The third-order valence-electron chi connectivity index (χ3n) is 3.33. The fourth-order valence-electron chi connectivity index (χ4n) is 2.12. The van der Waals surface area contributed by atoms with Gasteiger partial charge in [0.15, 0.2) is 0 Å². The van der Waals surface area contributed by atoms with Crippen LogP contribution in [0.3, 0.4) is 0 Å². The van der Waals surface area contributed by atoms with Crippen molar-refractivity contribution in [3.63, 3.8) is 0 Å². The highest BCUT2D eigenvalue weighted by Gasteiger charge is 1.92. The summed E-state index contributed by atoms with van der Waals surface area (Å²) in [5.41, 5.74) is 2.74. The van der Waals surface area contributed by atoms with E-state index in [2.05, 4.69) is 65.6 Å². The minimum Gasteiger partial charge on any atom is -0.265 e. The molecular formula is C48H95N. The Morgan fingerprint density at radius 3 is 0.551 bits per heavy atom. The lowest BCUT2D eigenvalue weighted by atomic mass is 10.1. The monoisotopic (exact) mass is 686 g/mol. The number of benzene rings is 3. The van der Waals surface area contributed by atoms with Gasteiger partial charge in [0.25, 0.3) is 0 Å². The average molecular weight is 686 g/mol. The molecule has 0 saturated carbocycles. The molecule has 0 unspecified atom stereocenters. The first-order chi connectivity index (χ1) is 24.4. The highest BCUT2D eigenvalue weighted by molar-refractivity contribution is 5.25. The summed E-state index contributed by atoms with van der Waals surface area (Å²) in [6.07, 6.45) is 4.53. The van der Waals surface area contributed by atoms with Crippen molar-refractivity contribution in [2.75, 3.05) is 0 Å². The summed E-state index contributed by atoms with van der Waals surface area (Å²) in [7, 11) is 0. The Bertz CT molecular complexity index is 632. The number of hydrogen-bond donors (Lipinski definition) is 0. The SMILES string of the molecule is CC.CC.CC.CC.CC.CC.CC.CC.CC.CC.CC.CC.c1ccc(Cc2ccccc2)cc1.c1ccccc1.c1ccncc1. The molecule has 0 aliphatic rings. The van der Waals surface area contributed by atoms with Gasteiger partial charge in [-0.2, -0.15) is 0 Å². The van der Waals surface area contributed by atoms with Crippen molar-refractivity contribution < 1.29 is 0 Å². The second kappa shape index (κ2) is 129. The largest absolute Gasteiger partial charge is 0.265 e. The van der Waals surface area contributed by atoms with Crippen molar-refractivity contribution in [2.24, 2.45) is 0 Å². The van der Waals surface area contributed by atoms with Gasteiger partial charge in [0, 0.05) is 12.4 Å². The molecule has 3 aromatic carbocycles. The Hall–Kier alpha value is -3.19. The number of rotatable bonds is 2. The Morgan fingerprint density at radius 1 is 0.245 bits per heavy atom. The zero-order valence-electron chi connectivity index (χ0n) is 38.3. The molecule has 0 atom stereocenters. The predicted molar refractivity (Wildman–Crippen MR) is 243 cm³/mol. The van der Waals surface area contributed by atoms with Gasteiger partial charge in [0.2, 0.25) is 0 Å². The van der Waals surface area contributed by atoms with Crippen LogP contribution in [0.15, 0.2) is 128 Å². The summed E-state index contributed by atoms with van der Waals surface area (Å²) in [6, 6.07) is 38.8. The molecule has 1 nitrogen and oxygen atoms in total. The highest BCUT2D eigenvalue weighted by atomic mass is 14.6. The molecule has 49 heavy (non-hydrogen) atoms. The average Bonchev–Trinajstić information content (AvgIpc) is 3.29. The summed E-state index contributed by atoms with van der Waals surface area (Å²) in [5, 5.41) is 0. The van der Waals surface area contributed by atoms with Gasteiger partial charge in [-0.25, -0.2) is 0 Å². The van der Waals surface area contributed by atoms with Crippen LogP contribution < -0.4 is 0 Å². The van der Waals surface area contributed by atoms with Crippen LogP contribution in [0.4, 0.5) is 0 Å². The molecule has 0 bridgehead atoms. The third-order valence-corrected chi connectivity index (χ3v) is 3.33. The van der Waals surface area contributed by atoms with E-state index in [-0.39, 0.29) is 0 Å².